The van der Waals surface area contributed by atoms with E-state index in [1.807, 2.05) is 0 Å². The lowest BCUT2D eigenvalue weighted by Crippen LogP contribution is -2.45. The molecule has 6 nitrogen and oxygen atoms in total. The van der Waals surface area contributed by atoms with Gasteiger partial charge in [-0.1, -0.05) is 0 Å². The van der Waals surface area contributed by atoms with Crippen LogP contribution in [-0.2, 0) is 4.74 Å². The molecule has 0 unspecified atom stereocenters. The van der Waals surface area contributed by atoms with Gasteiger partial charge in [0.2, 0.25) is 0 Å². The molecule has 0 amide bonds. The summed E-state index contributed by atoms with van der Waals surface area (Å²) in [6, 6.07) is 1.14. The summed E-state index contributed by atoms with van der Waals surface area (Å²) in [5.41, 5.74) is 0. The Morgan fingerprint density at radius 1 is 1.08 bits per heavy atom. The van der Waals surface area contributed by atoms with Crippen LogP contribution in [0.4, 0.5) is 0 Å². The van der Waals surface area contributed by atoms with Crippen molar-refractivity contribution >= 4 is 29.9 Å². The molecular weight excluding hydrogens is 441 g/mol. The average molecular weight is 483 g/mol. The zero-order valence-electron chi connectivity index (χ0n) is 17.6. The van der Waals surface area contributed by atoms with Crippen molar-refractivity contribution in [2.45, 2.75) is 59.5 Å². The van der Waals surface area contributed by atoms with Gasteiger partial charge in [0.1, 0.15) is 0 Å². The second-order valence-electron chi connectivity index (χ2n) is 7.27. The van der Waals surface area contributed by atoms with Crippen molar-refractivity contribution in [2.75, 3.05) is 59.0 Å². The number of hydrogen-bond acceptors (Lipinski definition) is 4. The molecule has 7 heteroatoms. The lowest BCUT2D eigenvalue weighted by molar-refractivity contribution is 0.0373. The first kappa shape index (κ1) is 25.9. The first-order valence-corrected chi connectivity index (χ1v) is 10.1. The average Bonchev–Trinajstić information content (AvgIpc) is 2.58. The van der Waals surface area contributed by atoms with E-state index in [9.17, 15) is 0 Å². The Labute approximate surface area is 178 Å². The summed E-state index contributed by atoms with van der Waals surface area (Å²) in [6.45, 7) is 20.0. The molecule has 0 aromatic rings. The van der Waals surface area contributed by atoms with Crippen LogP contribution in [0.3, 0.4) is 0 Å². The maximum Gasteiger partial charge on any atom is 0.191 e. The summed E-state index contributed by atoms with van der Waals surface area (Å²) >= 11 is 0. The molecule has 1 rings (SSSR count). The Balaban J connectivity index is 0.00000625. The predicted octanol–water partition coefficient (Wildman–Crippen LogP) is 2.39. The van der Waals surface area contributed by atoms with Crippen LogP contribution in [0.1, 0.15) is 47.5 Å². The number of nitrogens with one attached hydrogen (secondary N) is 2. The monoisotopic (exact) mass is 483 g/mol. The van der Waals surface area contributed by atoms with Gasteiger partial charge in [-0.25, -0.2) is 0 Å². The van der Waals surface area contributed by atoms with Gasteiger partial charge in [-0.3, -0.25) is 14.8 Å². The zero-order valence-corrected chi connectivity index (χ0v) is 19.9. The van der Waals surface area contributed by atoms with Gasteiger partial charge in [-0.2, -0.15) is 0 Å². The second-order valence-corrected chi connectivity index (χ2v) is 7.27. The molecule has 1 fully saturated rings. The molecule has 1 aliphatic rings. The van der Waals surface area contributed by atoms with Crippen LogP contribution in [0.5, 0.6) is 0 Å². The number of halogens is 1. The number of ether oxygens (including phenoxy) is 1. The molecule has 2 N–H and O–H groups in total. The van der Waals surface area contributed by atoms with E-state index in [2.05, 4.69) is 55.1 Å². The molecule has 0 spiro atoms. The molecule has 0 aromatic carbocycles. The smallest absolute Gasteiger partial charge is 0.191 e. The quantitative estimate of drug-likeness (QED) is 0.205. The number of hydrogen-bond donors (Lipinski definition) is 2. The van der Waals surface area contributed by atoms with Gasteiger partial charge in [0.25, 0.3) is 0 Å². The van der Waals surface area contributed by atoms with Crippen molar-refractivity contribution in [1.82, 2.24) is 20.4 Å². The molecule has 1 saturated heterocycles. The molecule has 1 aliphatic heterocycles. The van der Waals surface area contributed by atoms with E-state index in [-0.39, 0.29) is 24.0 Å². The molecule has 0 atom stereocenters. The topological polar surface area (TPSA) is 52.1 Å². The van der Waals surface area contributed by atoms with Gasteiger partial charge in [0, 0.05) is 51.4 Å². The van der Waals surface area contributed by atoms with Crippen LogP contribution in [0.2, 0.25) is 0 Å². The van der Waals surface area contributed by atoms with Crippen LogP contribution in [0.15, 0.2) is 4.99 Å². The molecular formula is C19H42IN5O. The zero-order chi connectivity index (χ0) is 18.5. The fourth-order valence-corrected chi connectivity index (χ4v) is 3.22. The summed E-state index contributed by atoms with van der Waals surface area (Å²) in [5, 5.41) is 6.82. The van der Waals surface area contributed by atoms with Gasteiger partial charge < -0.3 is 15.4 Å². The van der Waals surface area contributed by atoms with Crippen molar-refractivity contribution < 1.29 is 4.74 Å². The van der Waals surface area contributed by atoms with Gasteiger partial charge in [0.05, 0.1) is 13.2 Å². The van der Waals surface area contributed by atoms with Gasteiger partial charge >= 0.3 is 0 Å². The van der Waals surface area contributed by atoms with Crippen molar-refractivity contribution in [3.05, 3.63) is 0 Å². The van der Waals surface area contributed by atoms with E-state index in [0.29, 0.717) is 12.1 Å². The highest BCUT2D eigenvalue weighted by Crippen LogP contribution is 2.03. The number of unbranched alkanes of at least 4 members (excludes halogenated alkanes) is 1. The summed E-state index contributed by atoms with van der Waals surface area (Å²) in [6.07, 6.45) is 2.34. The maximum atomic E-state index is 5.39. The lowest BCUT2D eigenvalue weighted by Gasteiger charge is -2.30. The van der Waals surface area contributed by atoms with Crippen molar-refractivity contribution in [3.63, 3.8) is 0 Å². The standard InChI is InChI=1S/C19H41N5O.HI/c1-6-20-19(22-10-12-24(17(2)3)18(4)5)21-9-7-8-11-23-13-15-25-16-14-23;/h17-18H,6-16H2,1-5H3,(H2,20,21,22);1H. The van der Waals surface area contributed by atoms with Crippen LogP contribution in [0, 0.1) is 0 Å². The number of guanidine groups is 1. The van der Waals surface area contributed by atoms with Crippen molar-refractivity contribution in [3.8, 4) is 0 Å². The van der Waals surface area contributed by atoms with Crippen molar-refractivity contribution in [1.29, 1.82) is 0 Å². The van der Waals surface area contributed by atoms with E-state index >= 15 is 0 Å². The minimum Gasteiger partial charge on any atom is -0.379 e. The van der Waals surface area contributed by atoms with E-state index in [0.717, 1.165) is 64.9 Å². The summed E-state index contributed by atoms with van der Waals surface area (Å²) < 4.78 is 5.39. The SMILES string of the molecule is CCNC(=NCCCCN1CCOCC1)NCCN(C(C)C)C(C)C.I. The number of rotatable bonds is 11. The van der Waals surface area contributed by atoms with E-state index in [4.69, 9.17) is 9.73 Å². The molecule has 0 saturated carbocycles. The Bertz CT molecular complexity index is 352. The fraction of sp³-hybridized carbons (Fsp3) is 0.947. The van der Waals surface area contributed by atoms with Crippen LogP contribution in [-0.4, -0.2) is 86.9 Å². The molecule has 0 aromatic heterocycles. The summed E-state index contributed by atoms with van der Waals surface area (Å²) in [7, 11) is 0. The predicted molar refractivity (Wildman–Crippen MR) is 123 cm³/mol. The Kier molecular flexibility index (Phi) is 15.8. The normalized spacial score (nSPS) is 16.2. The number of nitrogens with zero attached hydrogens (tertiary/aromatic N) is 3. The largest absolute Gasteiger partial charge is 0.379 e. The van der Waals surface area contributed by atoms with Gasteiger partial charge in [0.15, 0.2) is 5.96 Å². The van der Waals surface area contributed by atoms with Gasteiger partial charge in [-0.15, -0.1) is 24.0 Å². The molecule has 156 valence electrons. The highest BCUT2D eigenvalue weighted by Gasteiger charge is 2.12. The minimum atomic E-state index is 0. The number of aliphatic imine (C=N–C) groups is 1. The van der Waals surface area contributed by atoms with E-state index in [1.54, 1.807) is 0 Å². The molecule has 0 radical (unpaired) electrons. The Morgan fingerprint density at radius 2 is 1.73 bits per heavy atom. The maximum absolute atomic E-state index is 5.39. The molecule has 26 heavy (non-hydrogen) atoms. The third-order valence-corrected chi connectivity index (χ3v) is 4.59. The van der Waals surface area contributed by atoms with Gasteiger partial charge in [-0.05, 0) is 54.0 Å². The highest BCUT2D eigenvalue weighted by atomic mass is 127. The van der Waals surface area contributed by atoms with E-state index < -0.39 is 0 Å². The minimum absolute atomic E-state index is 0. The van der Waals surface area contributed by atoms with E-state index in [1.165, 1.54) is 13.0 Å². The first-order chi connectivity index (χ1) is 12.0. The lowest BCUT2D eigenvalue weighted by atomic mass is 10.2. The Morgan fingerprint density at radius 3 is 2.31 bits per heavy atom. The first-order valence-electron chi connectivity index (χ1n) is 10.1. The molecule has 1 heterocycles. The summed E-state index contributed by atoms with van der Waals surface area (Å²) in [4.78, 5) is 9.70. The van der Waals surface area contributed by atoms with Crippen molar-refractivity contribution in [2.24, 2.45) is 4.99 Å². The summed E-state index contributed by atoms with van der Waals surface area (Å²) in [5.74, 6) is 0.946. The fourth-order valence-electron chi connectivity index (χ4n) is 3.22. The van der Waals surface area contributed by atoms with Crippen LogP contribution in [0.25, 0.3) is 0 Å². The highest BCUT2D eigenvalue weighted by molar-refractivity contribution is 14.0. The third-order valence-electron chi connectivity index (χ3n) is 4.59. The van der Waals surface area contributed by atoms with Crippen LogP contribution >= 0.6 is 24.0 Å². The molecule has 0 aliphatic carbocycles. The third kappa shape index (κ3) is 11.6. The number of morpholine rings is 1. The molecule has 0 bridgehead atoms. The van der Waals surface area contributed by atoms with Crippen LogP contribution < -0.4 is 10.6 Å². The Hall–Kier alpha value is -0.120. The second kappa shape index (κ2) is 15.9.